The fraction of sp³-hybridized carbons (Fsp3) is 0.500. The monoisotopic (exact) mass is 276 g/mol. The molecule has 1 rings (SSSR count). The molecule has 3 nitrogen and oxygen atoms in total. The van der Waals surface area contributed by atoms with Crippen molar-refractivity contribution in [1.82, 2.24) is 5.43 Å². The van der Waals surface area contributed by atoms with Crippen molar-refractivity contribution >= 4 is 23.2 Å². The van der Waals surface area contributed by atoms with Crippen LogP contribution in [0.1, 0.15) is 31.4 Å². The fourth-order valence-electron chi connectivity index (χ4n) is 1.61. The Labute approximate surface area is 112 Å². The second-order valence-electron chi connectivity index (χ2n) is 3.73. The molecule has 0 radical (unpaired) electrons. The van der Waals surface area contributed by atoms with E-state index in [4.69, 9.17) is 33.8 Å². The molecule has 96 valence electrons. The second kappa shape index (κ2) is 7.90. The Kier molecular flexibility index (Phi) is 6.85. The molecule has 0 aliphatic heterocycles. The lowest BCUT2D eigenvalue weighted by molar-refractivity contribution is 0.141. The van der Waals surface area contributed by atoms with Crippen LogP contribution in [0.15, 0.2) is 18.2 Å². The summed E-state index contributed by atoms with van der Waals surface area (Å²) in [6.45, 7) is 3.47. The summed E-state index contributed by atoms with van der Waals surface area (Å²) >= 11 is 11.8. The molecule has 0 aromatic heterocycles. The van der Waals surface area contributed by atoms with Gasteiger partial charge in [0.05, 0.1) is 10.0 Å². The van der Waals surface area contributed by atoms with Gasteiger partial charge < -0.3 is 4.74 Å². The summed E-state index contributed by atoms with van der Waals surface area (Å²) in [6.07, 6.45) is 1.84. The maximum absolute atomic E-state index is 5.97. The van der Waals surface area contributed by atoms with Gasteiger partial charge in [-0.05, 0) is 37.5 Å². The zero-order valence-corrected chi connectivity index (χ0v) is 11.4. The van der Waals surface area contributed by atoms with Crippen LogP contribution in [0.2, 0.25) is 10.0 Å². The predicted molar refractivity (Wildman–Crippen MR) is 72.3 cm³/mol. The molecule has 0 amide bonds. The molecule has 0 aliphatic carbocycles. The number of nitrogens with one attached hydrogen (secondary N) is 1. The minimum Gasteiger partial charge on any atom is -0.382 e. The molecular formula is C12H18Cl2N2O. The van der Waals surface area contributed by atoms with Crippen LogP contribution in [-0.4, -0.2) is 13.2 Å². The van der Waals surface area contributed by atoms with Crippen LogP contribution in [0, 0.1) is 0 Å². The molecule has 1 unspecified atom stereocenters. The number of ether oxygens (including phenoxy) is 1. The molecule has 0 fully saturated rings. The van der Waals surface area contributed by atoms with E-state index >= 15 is 0 Å². The average Bonchev–Trinajstić information content (AvgIpc) is 2.33. The van der Waals surface area contributed by atoms with E-state index in [9.17, 15) is 0 Å². The highest BCUT2D eigenvalue weighted by Crippen LogP contribution is 2.27. The maximum atomic E-state index is 5.97. The molecule has 0 bridgehead atoms. The van der Waals surface area contributed by atoms with Gasteiger partial charge in [-0.2, -0.15) is 0 Å². The Morgan fingerprint density at radius 3 is 2.71 bits per heavy atom. The molecule has 0 saturated heterocycles. The van der Waals surface area contributed by atoms with Gasteiger partial charge in [0.15, 0.2) is 0 Å². The first-order valence-corrected chi connectivity index (χ1v) is 6.43. The molecule has 0 aliphatic rings. The van der Waals surface area contributed by atoms with Gasteiger partial charge in [0.25, 0.3) is 0 Å². The number of hydrogen-bond donors (Lipinski definition) is 2. The highest BCUT2D eigenvalue weighted by molar-refractivity contribution is 6.42. The van der Waals surface area contributed by atoms with E-state index < -0.39 is 0 Å². The van der Waals surface area contributed by atoms with E-state index in [0.717, 1.165) is 31.6 Å². The molecule has 1 aromatic rings. The van der Waals surface area contributed by atoms with Crippen LogP contribution in [0.5, 0.6) is 0 Å². The summed E-state index contributed by atoms with van der Waals surface area (Å²) in [5.41, 5.74) is 3.82. The van der Waals surface area contributed by atoms with E-state index in [-0.39, 0.29) is 6.04 Å². The summed E-state index contributed by atoms with van der Waals surface area (Å²) < 4.78 is 5.29. The Balaban J connectivity index is 2.56. The van der Waals surface area contributed by atoms with Gasteiger partial charge in [0, 0.05) is 19.3 Å². The number of benzene rings is 1. The van der Waals surface area contributed by atoms with Crippen molar-refractivity contribution in [2.75, 3.05) is 13.2 Å². The van der Waals surface area contributed by atoms with E-state index in [1.54, 1.807) is 6.07 Å². The van der Waals surface area contributed by atoms with Crippen LogP contribution in [0.3, 0.4) is 0 Å². The predicted octanol–water partition coefficient (Wildman–Crippen LogP) is 3.31. The molecule has 1 aromatic carbocycles. The summed E-state index contributed by atoms with van der Waals surface area (Å²) in [5, 5.41) is 1.11. The molecule has 1 atom stereocenters. The van der Waals surface area contributed by atoms with Crippen LogP contribution in [0.25, 0.3) is 0 Å². The second-order valence-corrected chi connectivity index (χ2v) is 4.55. The molecule has 0 heterocycles. The zero-order chi connectivity index (χ0) is 12.7. The largest absolute Gasteiger partial charge is 0.382 e. The normalized spacial score (nSPS) is 12.7. The van der Waals surface area contributed by atoms with Crippen LogP contribution < -0.4 is 11.3 Å². The fourth-order valence-corrected chi connectivity index (χ4v) is 1.92. The van der Waals surface area contributed by atoms with Gasteiger partial charge in [-0.25, -0.2) is 0 Å². The van der Waals surface area contributed by atoms with Crippen molar-refractivity contribution in [3.05, 3.63) is 33.8 Å². The molecule has 17 heavy (non-hydrogen) atoms. The van der Waals surface area contributed by atoms with Crippen LogP contribution >= 0.6 is 23.2 Å². The number of rotatable bonds is 7. The van der Waals surface area contributed by atoms with Gasteiger partial charge in [-0.1, -0.05) is 29.3 Å². The van der Waals surface area contributed by atoms with E-state index in [0.29, 0.717) is 10.0 Å². The summed E-state index contributed by atoms with van der Waals surface area (Å²) in [4.78, 5) is 0. The summed E-state index contributed by atoms with van der Waals surface area (Å²) in [5.74, 6) is 5.54. The molecule has 3 N–H and O–H groups in total. The minimum atomic E-state index is 0.0743. The van der Waals surface area contributed by atoms with E-state index in [2.05, 4.69) is 5.43 Å². The minimum absolute atomic E-state index is 0.0743. The quantitative estimate of drug-likeness (QED) is 0.456. The van der Waals surface area contributed by atoms with Crippen molar-refractivity contribution in [2.24, 2.45) is 5.84 Å². The summed E-state index contributed by atoms with van der Waals surface area (Å²) in [7, 11) is 0. The Bertz CT molecular complexity index is 347. The standard InChI is InChI=1S/C12H18Cl2N2O/c1-2-17-7-3-4-12(16-15)9-5-6-10(13)11(14)8-9/h5-6,8,12,16H,2-4,7,15H2,1H3. The average molecular weight is 277 g/mol. The molecule has 0 saturated carbocycles. The zero-order valence-electron chi connectivity index (χ0n) is 9.88. The van der Waals surface area contributed by atoms with Crippen molar-refractivity contribution in [1.29, 1.82) is 0 Å². The highest BCUT2D eigenvalue weighted by atomic mass is 35.5. The third-order valence-electron chi connectivity index (χ3n) is 2.53. The number of hydrazine groups is 1. The van der Waals surface area contributed by atoms with Gasteiger partial charge in [-0.3, -0.25) is 11.3 Å². The molecular weight excluding hydrogens is 259 g/mol. The smallest absolute Gasteiger partial charge is 0.0595 e. The highest BCUT2D eigenvalue weighted by Gasteiger charge is 2.10. The lowest BCUT2D eigenvalue weighted by Crippen LogP contribution is -2.28. The van der Waals surface area contributed by atoms with Gasteiger partial charge in [-0.15, -0.1) is 0 Å². The first-order chi connectivity index (χ1) is 8.19. The molecule has 5 heteroatoms. The van der Waals surface area contributed by atoms with E-state index in [1.165, 1.54) is 0 Å². The summed E-state index contributed by atoms with van der Waals surface area (Å²) in [6, 6.07) is 5.63. The van der Waals surface area contributed by atoms with E-state index in [1.807, 2.05) is 19.1 Å². The van der Waals surface area contributed by atoms with Crippen molar-refractivity contribution in [3.8, 4) is 0 Å². The lowest BCUT2D eigenvalue weighted by atomic mass is 10.0. The number of hydrogen-bond acceptors (Lipinski definition) is 3. The van der Waals surface area contributed by atoms with Crippen LogP contribution in [-0.2, 0) is 4.74 Å². The van der Waals surface area contributed by atoms with Crippen molar-refractivity contribution in [3.63, 3.8) is 0 Å². The van der Waals surface area contributed by atoms with Gasteiger partial charge >= 0.3 is 0 Å². The van der Waals surface area contributed by atoms with Crippen LogP contribution in [0.4, 0.5) is 0 Å². The molecule has 0 spiro atoms. The van der Waals surface area contributed by atoms with Crippen molar-refractivity contribution in [2.45, 2.75) is 25.8 Å². The first-order valence-electron chi connectivity index (χ1n) is 5.67. The Morgan fingerprint density at radius 1 is 1.35 bits per heavy atom. The first kappa shape index (κ1) is 14.7. The van der Waals surface area contributed by atoms with Crippen molar-refractivity contribution < 1.29 is 4.74 Å². The Morgan fingerprint density at radius 2 is 2.12 bits per heavy atom. The maximum Gasteiger partial charge on any atom is 0.0595 e. The third-order valence-corrected chi connectivity index (χ3v) is 3.27. The number of halogens is 2. The Hall–Kier alpha value is -0.320. The number of nitrogens with two attached hydrogens (primary N) is 1. The van der Waals surface area contributed by atoms with Gasteiger partial charge in [0.1, 0.15) is 0 Å². The third kappa shape index (κ3) is 4.82. The SMILES string of the molecule is CCOCCCC(NN)c1ccc(Cl)c(Cl)c1. The topological polar surface area (TPSA) is 47.3 Å². The lowest BCUT2D eigenvalue weighted by Gasteiger charge is -2.16. The van der Waals surface area contributed by atoms with Gasteiger partial charge in [0.2, 0.25) is 0 Å².